The van der Waals surface area contributed by atoms with Gasteiger partial charge in [-0.15, -0.1) is 0 Å². The highest BCUT2D eigenvalue weighted by atomic mass is 31.1. The molecular weight excluding hydrogens is 298 g/mol. The standard InChI is InChI=1S/C8H10N2O7P2/c11-5-8(1-3-18(14)15,2-4-19(16)17)6(12)10-7(13)9-5/h1-4H2,(H2,9,10,11,12,13). The minimum atomic E-state index is -2.83. The molecule has 1 rings (SSSR count). The first kappa shape index (κ1) is 15.5. The van der Waals surface area contributed by atoms with Crippen LogP contribution in [0.15, 0.2) is 0 Å². The molecule has 1 aliphatic heterocycles. The van der Waals surface area contributed by atoms with Crippen molar-refractivity contribution in [3.63, 3.8) is 0 Å². The topological polar surface area (TPSA) is 144 Å². The number of rotatable bonds is 6. The van der Waals surface area contributed by atoms with Gasteiger partial charge in [-0.05, 0) is 12.8 Å². The van der Waals surface area contributed by atoms with Crippen molar-refractivity contribution in [2.24, 2.45) is 5.41 Å². The first-order chi connectivity index (χ1) is 8.78. The Kier molecular flexibility index (Phi) is 4.91. The van der Waals surface area contributed by atoms with Gasteiger partial charge >= 0.3 is 21.4 Å². The molecule has 0 aromatic carbocycles. The minimum Gasteiger partial charge on any atom is -0.277 e. The molecule has 0 atom stereocenters. The molecule has 1 aliphatic rings. The molecule has 0 radical (unpaired) electrons. The van der Waals surface area contributed by atoms with E-state index in [-0.39, 0.29) is 12.8 Å². The largest absolute Gasteiger partial charge is 0.328 e. The van der Waals surface area contributed by atoms with E-state index in [1.807, 2.05) is 10.6 Å². The van der Waals surface area contributed by atoms with E-state index in [9.17, 15) is 32.6 Å². The SMILES string of the molecule is O=C1NC(=O)C(CCP(=O)=O)(CCP(=O)=O)C(=O)N1. The second-order valence-corrected chi connectivity index (χ2v) is 6.16. The molecule has 0 saturated carbocycles. The molecule has 1 fully saturated rings. The normalized spacial score (nSPS) is 17.6. The summed E-state index contributed by atoms with van der Waals surface area (Å²) in [6.45, 7) is 0. The lowest BCUT2D eigenvalue weighted by Crippen LogP contribution is -2.62. The first-order valence-corrected chi connectivity index (χ1v) is 7.91. The van der Waals surface area contributed by atoms with Crippen molar-refractivity contribution >= 4 is 33.2 Å². The third-order valence-electron chi connectivity index (χ3n) is 2.77. The number of barbiturate groups is 1. The Bertz CT molecular complexity index is 499. The first-order valence-electron chi connectivity index (χ1n) is 5.18. The lowest BCUT2D eigenvalue weighted by atomic mass is 9.79. The monoisotopic (exact) mass is 308 g/mol. The highest BCUT2D eigenvalue weighted by Gasteiger charge is 2.49. The van der Waals surface area contributed by atoms with Crippen LogP contribution in [0, 0.1) is 5.41 Å². The molecule has 11 heteroatoms. The number of carbonyl (C=O) groups excluding carboxylic acids is 3. The lowest BCUT2D eigenvalue weighted by Gasteiger charge is -2.32. The molecule has 4 amide bonds. The van der Waals surface area contributed by atoms with Crippen molar-refractivity contribution in [3.05, 3.63) is 0 Å². The van der Waals surface area contributed by atoms with E-state index in [1.54, 1.807) is 0 Å². The fraction of sp³-hybridized carbons (Fsp3) is 0.625. The van der Waals surface area contributed by atoms with Crippen molar-refractivity contribution in [2.45, 2.75) is 12.8 Å². The third-order valence-corrected chi connectivity index (χ3v) is 3.94. The summed E-state index contributed by atoms with van der Waals surface area (Å²) in [5.74, 6) is -1.95. The molecule has 1 saturated heterocycles. The number of nitrogens with one attached hydrogen (secondary N) is 2. The molecule has 0 spiro atoms. The van der Waals surface area contributed by atoms with Crippen LogP contribution in [0.3, 0.4) is 0 Å². The summed E-state index contributed by atoms with van der Waals surface area (Å²) in [6.07, 6.45) is -1.67. The van der Waals surface area contributed by atoms with Crippen LogP contribution in [0.4, 0.5) is 4.79 Å². The van der Waals surface area contributed by atoms with Crippen molar-refractivity contribution in [3.8, 4) is 0 Å². The molecule has 0 unspecified atom stereocenters. The second kappa shape index (κ2) is 6.04. The average Bonchev–Trinajstić information content (AvgIpc) is 2.26. The second-order valence-electron chi connectivity index (χ2n) is 3.93. The third kappa shape index (κ3) is 3.68. The maximum Gasteiger partial charge on any atom is 0.328 e. The van der Waals surface area contributed by atoms with Crippen LogP contribution in [-0.4, -0.2) is 30.2 Å². The smallest absolute Gasteiger partial charge is 0.277 e. The predicted octanol–water partition coefficient (Wildman–Crippen LogP) is 0.465. The van der Waals surface area contributed by atoms with Gasteiger partial charge < -0.3 is 0 Å². The molecular formula is C8H10N2O7P2. The zero-order valence-electron chi connectivity index (χ0n) is 9.58. The zero-order chi connectivity index (χ0) is 14.6. The van der Waals surface area contributed by atoms with Crippen LogP contribution in [0.5, 0.6) is 0 Å². The van der Waals surface area contributed by atoms with E-state index < -0.39 is 50.9 Å². The van der Waals surface area contributed by atoms with Gasteiger partial charge in [-0.1, -0.05) is 0 Å². The number of imide groups is 2. The molecule has 104 valence electrons. The predicted molar refractivity (Wildman–Crippen MR) is 59.7 cm³/mol. The van der Waals surface area contributed by atoms with Gasteiger partial charge in [-0.2, -0.15) is 0 Å². The summed E-state index contributed by atoms with van der Waals surface area (Å²) in [5, 5.41) is 3.69. The Morgan fingerprint density at radius 2 is 1.16 bits per heavy atom. The summed E-state index contributed by atoms with van der Waals surface area (Å²) in [7, 11) is -5.66. The Labute approximate surface area is 108 Å². The molecule has 1 heterocycles. The minimum absolute atomic E-state index is 0.375. The Morgan fingerprint density at radius 3 is 1.47 bits per heavy atom. The number of hydrogen-bond donors (Lipinski definition) is 2. The summed E-state index contributed by atoms with van der Waals surface area (Å²) >= 11 is 0. The van der Waals surface area contributed by atoms with Crippen LogP contribution in [0.1, 0.15) is 12.8 Å². The van der Waals surface area contributed by atoms with E-state index in [2.05, 4.69) is 0 Å². The molecule has 0 aliphatic carbocycles. The molecule has 2 N–H and O–H groups in total. The fourth-order valence-corrected chi connectivity index (χ4v) is 2.85. The van der Waals surface area contributed by atoms with Crippen molar-refractivity contribution in [2.75, 3.05) is 12.3 Å². The Hall–Kier alpha value is -1.59. The quantitative estimate of drug-likeness (QED) is 0.536. The number of hydrogen-bond acceptors (Lipinski definition) is 7. The van der Waals surface area contributed by atoms with Gasteiger partial charge in [0.2, 0.25) is 11.8 Å². The maximum atomic E-state index is 11.8. The van der Waals surface area contributed by atoms with Crippen molar-refractivity contribution < 1.29 is 32.6 Å². The molecule has 9 nitrogen and oxygen atoms in total. The van der Waals surface area contributed by atoms with E-state index in [0.29, 0.717) is 0 Å². The van der Waals surface area contributed by atoms with E-state index in [1.165, 1.54) is 0 Å². The van der Waals surface area contributed by atoms with Gasteiger partial charge in [-0.25, -0.2) is 23.1 Å². The molecule has 0 aromatic heterocycles. The van der Waals surface area contributed by atoms with E-state index in [4.69, 9.17) is 0 Å². The van der Waals surface area contributed by atoms with Crippen molar-refractivity contribution in [1.29, 1.82) is 0 Å². The summed E-state index contributed by atoms with van der Waals surface area (Å²) in [4.78, 5) is 34.5. The molecule has 0 bridgehead atoms. The fourth-order valence-electron chi connectivity index (χ4n) is 1.72. The van der Waals surface area contributed by atoms with Crippen LogP contribution in [-0.2, 0) is 27.8 Å². The van der Waals surface area contributed by atoms with Gasteiger partial charge in [0.15, 0.2) is 0 Å². The summed E-state index contributed by atoms with van der Waals surface area (Å²) in [6, 6.07) is -1.01. The summed E-state index contributed by atoms with van der Waals surface area (Å²) < 4.78 is 42.3. The average molecular weight is 308 g/mol. The molecule has 19 heavy (non-hydrogen) atoms. The Balaban J connectivity index is 3.04. The van der Waals surface area contributed by atoms with Crippen LogP contribution in [0.25, 0.3) is 0 Å². The van der Waals surface area contributed by atoms with Crippen LogP contribution >= 0.6 is 15.4 Å². The lowest BCUT2D eigenvalue weighted by molar-refractivity contribution is -0.144. The maximum absolute atomic E-state index is 11.8. The Morgan fingerprint density at radius 1 is 0.789 bits per heavy atom. The van der Waals surface area contributed by atoms with Gasteiger partial charge in [-0.3, -0.25) is 20.2 Å². The highest BCUT2D eigenvalue weighted by molar-refractivity contribution is 7.31. The van der Waals surface area contributed by atoms with Gasteiger partial charge in [0, 0.05) is 0 Å². The van der Waals surface area contributed by atoms with E-state index >= 15 is 0 Å². The van der Waals surface area contributed by atoms with Gasteiger partial charge in [0.25, 0.3) is 0 Å². The van der Waals surface area contributed by atoms with Crippen LogP contribution < -0.4 is 10.6 Å². The van der Waals surface area contributed by atoms with Crippen molar-refractivity contribution in [1.82, 2.24) is 10.6 Å². The number of amides is 4. The van der Waals surface area contributed by atoms with Gasteiger partial charge in [0.05, 0.1) is 12.3 Å². The number of carbonyl (C=O) groups is 3. The van der Waals surface area contributed by atoms with E-state index in [0.717, 1.165) is 0 Å². The highest BCUT2D eigenvalue weighted by Crippen LogP contribution is 2.33. The van der Waals surface area contributed by atoms with Crippen LogP contribution in [0.2, 0.25) is 0 Å². The summed E-state index contributed by atoms with van der Waals surface area (Å²) in [5.41, 5.74) is -1.85. The molecule has 0 aromatic rings. The zero-order valence-corrected chi connectivity index (χ0v) is 11.4. The number of urea groups is 1. The van der Waals surface area contributed by atoms with Gasteiger partial charge in [0.1, 0.15) is 5.41 Å².